The van der Waals surface area contributed by atoms with Gasteiger partial charge in [-0.1, -0.05) is 19.4 Å². The first-order valence-corrected chi connectivity index (χ1v) is 8.75. The topological polar surface area (TPSA) is 44.4 Å². The summed E-state index contributed by atoms with van der Waals surface area (Å²) >= 11 is 0. The van der Waals surface area contributed by atoms with Crippen molar-refractivity contribution in [2.45, 2.75) is 32.4 Å². The second-order valence-electron chi connectivity index (χ2n) is 6.70. The van der Waals surface area contributed by atoms with E-state index in [2.05, 4.69) is 22.5 Å². The molecule has 1 fully saturated rings. The van der Waals surface area contributed by atoms with Crippen molar-refractivity contribution < 1.29 is 18.0 Å². The van der Waals surface area contributed by atoms with Crippen LogP contribution in [0.3, 0.4) is 0 Å². The highest BCUT2D eigenvalue weighted by molar-refractivity contribution is 5.80. The van der Waals surface area contributed by atoms with E-state index in [1.807, 2.05) is 0 Å². The maximum atomic E-state index is 12.7. The minimum atomic E-state index is -4.39. The number of anilines is 1. The quantitative estimate of drug-likeness (QED) is 0.787. The van der Waals surface area contributed by atoms with Gasteiger partial charge in [-0.05, 0) is 50.0 Å². The Morgan fingerprint density at radius 1 is 1.24 bits per heavy atom. The van der Waals surface area contributed by atoms with Gasteiger partial charge in [0.2, 0.25) is 5.91 Å². The minimum absolute atomic E-state index is 0.0439. The van der Waals surface area contributed by atoms with Gasteiger partial charge < -0.3 is 15.5 Å². The minimum Gasteiger partial charge on any atom is -0.376 e. The smallest absolute Gasteiger partial charge is 0.376 e. The van der Waals surface area contributed by atoms with Crippen LogP contribution in [0.1, 0.15) is 31.7 Å². The first-order valence-electron chi connectivity index (χ1n) is 8.75. The van der Waals surface area contributed by atoms with E-state index in [1.54, 1.807) is 0 Å². The highest BCUT2D eigenvalue weighted by Gasteiger charge is 2.30. The Kier molecular flexibility index (Phi) is 7.11. The molecule has 4 nitrogen and oxygen atoms in total. The molecule has 0 aliphatic carbocycles. The average Bonchev–Trinajstić information content (AvgIpc) is 2.58. The van der Waals surface area contributed by atoms with Crippen molar-refractivity contribution >= 4 is 11.6 Å². The number of halogens is 3. The third-order valence-electron chi connectivity index (χ3n) is 4.31. The monoisotopic (exact) mass is 357 g/mol. The lowest BCUT2D eigenvalue weighted by Crippen LogP contribution is -2.39. The van der Waals surface area contributed by atoms with Gasteiger partial charge in [0, 0.05) is 18.8 Å². The molecule has 1 heterocycles. The normalized spacial score (nSPS) is 17.1. The molecule has 1 amide bonds. The first kappa shape index (κ1) is 19.6. The fourth-order valence-electron chi connectivity index (χ4n) is 2.99. The second kappa shape index (κ2) is 9.08. The van der Waals surface area contributed by atoms with Crippen LogP contribution in [-0.2, 0) is 11.0 Å². The number of carbonyl (C=O) groups excluding carboxylic acids is 1. The van der Waals surface area contributed by atoms with Gasteiger partial charge in [-0.25, -0.2) is 0 Å². The molecule has 0 aromatic heterocycles. The van der Waals surface area contributed by atoms with Crippen molar-refractivity contribution in [3.63, 3.8) is 0 Å². The number of rotatable bonds is 7. The predicted molar refractivity (Wildman–Crippen MR) is 92.4 cm³/mol. The number of nitrogens with one attached hydrogen (secondary N) is 2. The van der Waals surface area contributed by atoms with Crippen LogP contribution in [0, 0.1) is 5.92 Å². The van der Waals surface area contributed by atoms with Crippen LogP contribution in [0.2, 0.25) is 0 Å². The highest BCUT2D eigenvalue weighted by Crippen LogP contribution is 2.30. The van der Waals surface area contributed by atoms with Crippen LogP contribution in [0.15, 0.2) is 24.3 Å². The van der Waals surface area contributed by atoms with Crippen LogP contribution in [0.4, 0.5) is 18.9 Å². The molecule has 1 saturated heterocycles. The molecule has 1 aromatic carbocycles. The van der Waals surface area contributed by atoms with Crippen LogP contribution < -0.4 is 10.6 Å². The van der Waals surface area contributed by atoms with Gasteiger partial charge in [-0.3, -0.25) is 4.79 Å². The molecule has 0 spiro atoms. The van der Waals surface area contributed by atoms with Crippen molar-refractivity contribution in [1.29, 1.82) is 0 Å². The number of likely N-dealkylation sites (tertiary alicyclic amines) is 1. The van der Waals surface area contributed by atoms with Gasteiger partial charge in [-0.2, -0.15) is 13.2 Å². The van der Waals surface area contributed by atoms with Gasteiger partial charge in [0.1, 0.15) is 0 Å². The third-order valence-corrected chi connectivity index (χ3v) is 4.31. The fraction of sp³-hybridized carbons (Fsp3) is 0.611. The molecule has 2 rings (SSSR count). The molecule has 1 aliphatic heterocycles. The molecule has 7 heteroatoms. The fourth-order valence-corrected chi connectivity index (χ4v) is 2.99. The Labute approximate surface area is 146 Å². The second-order valence-corrected chi connectivity index (χ2v) is 6.70. The SMILES string of the molecule is CC(CNC(=O)CNc1cccc(C(F)(F)F)c1)CN1CCCCC1. The Morgan fingerprint density at radius 2 is 1.96 bits per heavy atom. The number of alkyl halides is 3. The van der Waals surface area contributed by atoms with Gasteiger partial charge in [0.15, 0.2) is 0 Å². The number of piperidine rings is 1. The summed E-state index contributed by atoms with van der Waals surface area (Å²) < 4.78 is 38.0. The van der Waals surface area contributed by atoms with Crippen LogP contribution >= 0.6 is 0 Å². The summed E-state index contributed by atoms with van der Waals surface area (Å²) in [6.45, 7) is 5.82. The average molecular weight is 357 g/mol. The Balaban J connectivity index is 1.70. The van der Waals surface area contributed by atoms with Gasteiger partial charge >= 0.3 is 6.18 Å². The molecule has 0 radical (unpaired) electrons. The van der Waals surface area contributed by atoms with E-state index in [0.717, 1.165) is 31.8 Å². The zero-order chi connectivity index (χ0) is 18.3. The summed E-state index contributed by atoms with van der Waals surface area (Å²) in [6, 6.07) is 4.85. The number of amides is 1. The molecule has 0 saturated carbocycles. The van der Waals surface area contributed by atoms with E-state index in [-0.39, 0.29) is 18.1 Å². The summed E-state index contributed by atoms with van der Waals surface area (Å²) in [5.74, 6) is 0.124. The van der Waals surface area contributed by atoms with Gasteiger partial charge in [0.05, 0.1) is 12.1 Å². The van der Waals surface area contributed by atoms with Crippen LogP contribution in [0.25, 0.3) is 0 Å². The van der Waals surface area contributed by atoms with E-state index in [4.69, 9.17) is 0 Å². The molecule has 140 valence electrons. The summed E-state index contributed by atoms with van der Waals surface area (Å²) in [6.07, 6.45) is -0.618. The Morgan fingerprint density at radius 3 is 2.64 bits per heavy atom. The van der Waals surface area contributed by atoms with Crippen LogP contribution in [0.5, 0.6) is 0 Å². The molecule has 1 atom stereocenters. The lowest BCUT2D eigenvalue weighted by atomic mass is 10.1. The number of hydrogen-bond acceptors (Lipinski definition) is 3. The summed E-state index contributed by atoms with van der Waals surface area (Å²) in [5, 5.41) is 5.58. The van der Waals surface area contributed by atoms with E-state index >= 15 is 0 Å². The van der Waals surface area contributed by atoms with Gasteiger partial charge in [0.25, 0.3) is 0 Å². The molecule has 2 N–H and O–H groups in total. The summed E-state index contributed by atoms with van der Waals surface area (Å²) in [4.78, 5) is 14.3. The maximum Gasteiger partial charge on any atom is 0.416 e. The molecule has 1 aliphatic rings. The van der Waals surface area contributed by atoms with E-state index in [1.165, 1.54) is 31.4 Å². The zero-order valence-electron chi connectivity index (χ0n) is 14.5. The first-order chi connectivity index (χ1) is 11.8. The van der Waals surface area contributed by atoms with Crippen molar-refractivity contribution in [2.24, 2.45) is 5.92 Å². The predicted octanol–water partition coefficient (Wildman–Crippen LogP) is 3.36. The zero-order valence-corrected chi connectivity index (χ0v) is 14.5. The highest BCUT2D eigenvalue weighted by atomic mass is 19.4. The molecular formula is C18H26F3N3O. The van der Waals surface area contributed by atoms with Crippen molar-refractivity contribution in [2.75, 3.05) is 38.0 Å². The van der Waals surface area contributed by atoms with E-state index in [9.17, 15) is 18.0 Å². The molecule has 1 unspecified atom stereocenters. The van der Waals surface area contributed by atoms with Crippen molar-refractivity contribution in [3.05, 3.63) is 29.8 Å². The third kappa shape index (κ3) is 6.94. The lowest BCUT2D eigenvalue weighted by molar-refractivity contribution is -0.137. The standard InChI is InChI=1S/C18H26F3N3O/c1-14(13-24-8-3-2-4-9-24)11-23-17(25)12-22-16-7-5-6-15(10-16)18(19,20)21/h5-7,10,14,22H,2-4,8-9,11-13H2,1H3,(H,23,25). The summed E-state index contributed by atoms with van der Waals surface area (Å²) in [7, 11) is 0. The van der Waals surface area contributed by atoms with E-state index < -0.39 is 11.7 Å². The molecule has 0 bridgehead atoms. The number of hydrogen-bond donors (Lipinski definition) is 2. The van der Waals surface area contributed by atoms with E-state index in [0.29, 0.717) is 12.5 Å². The molecule has 1 aromatic rings. The molecule has 25 heavy (non-hydrogen) atoms. The van der Waals surface area contributed by atoms with Crippen molar-refractivity contribution in [1.82, 2.24) is 10.2 Å². The Hall–Kier alpha value is -1.76. The maximum absolute atomic E-state index is 12.7. The largest absolute Gasteiger partial charge is 0.416 e. The van der Waals surface area contributed by atoms with Gasteiger partial charge in [-0.15, -0.1) is 0 Å². The number of benzene rings is 1. The summed E-state index contributed by atoms with van der Waals surface area (Å²) in [5.41, 5.74) is -0.445. The molecular weight excluding hydrogens is 331 g/mol. The lowest BCUT2D eigenvalue weighted by Gasteiger charge is -2.29. The van der Waals surface area contributed by atoms with Crippen molar-refractivity contribution in [3.8, 4) is 0 Å². The Bertz CT molecular complexity index is 557. The number of nitrogens with zero attached hydrogens (tertiary/aromatic N) is 1. The van der Waals surface area contributed by atoms with Crippen LogP contribution in [-0.4, -0.2) is 43.5 Å². The number of carbonyl (C=O) groups is 1.